The average molecular weight is 250 g/mol. The number of hydrogen-bond donors (Lipinski definition) is 0. The number of rotatable bonds is 1. The number of halogens is 2. The predicted molar refractivity (Wildman–Crippen MR) is 53.9 cm³/mol. The summed E-state index contributed by atoms with van der Waals surface area (Å²) in [5.74, 6) is 0. The molecule has 0 heterocycles. The van der Waals surface area contributed by atoms with E-state index in [1.165, 1.54) is 6.07 Å². The highest BCUT2D eigenvalue weighted by Crippen LogP contribution is 2.29. The van der Waals surface area contributed by atoms with Crippen LogP contribution in [0.2, 0.25) is 5.02 Å². The quantitative estimate of drug-likeness (QED) is 0.719. The Balaban J connectivity index is 3.74. The second-order valence-corrected chi connectivity index (χ2v) is 5.53. The minimum atomic E-state index is -3.98. The van der Waals surface area contributed by atoms with E-state index in [9.17, 15) is 8.42 Å². The maximum atomic E-state index is 11.1. The Hall–Kier alpha value is -0.760. The fourth-order valence-corrected chi connectivity index (χ4v) is 2.85. The van der Waals surface area contributed by atoms with Gasteiger partial charge in [-0.3, -0.25) is 0 Å². The highest BCUT2D eigenvalue weighted by Gasteiger charge is 2.21. The van der Waals surface area contributed by atoms with Gasteiger partial charge >= 0.3 is 0 Å². The van der Waals surface area contributed by atoms with Gasteiger partial charge in [0, 0.05) is 10.7 Å². The number of hydrogen-bond acceptors (Lipinski definition) is 3. The van der Waals surface area contributed by atoms with E-state index in [1.54, 1.807) is 19.1 Å². The summed E-state index contributed by atoms with van der Waals surface area (Å²) >= 11 is 5.65. The molecule has 0 aromatic heterocycles. The molecule has 0 fully saturated rings. The highest BCUT2D eigenvalue weighted by molar-refractivity contribution is 8.13. The van der Waals surface area contributed by atoms with Gasteiger partial charge in [-0.05, 0) is 18.6 Å². The smallest absolute Gasteiger partial charge is 0.207 e. The molecular formula is C8H5Cl2NO2S. The molecule has 0 radical (unpaired) electrons. The lowest BCUT2D eigenvalue weighted by molar-refractivity contribution is 0.609. The zero-order chi connectivity index (χ0) is 10.9. The van der Waals surface area contributed by atoms with Gasteiger partial charge in [0.15, 0.2) is 0 Å². The SMILES string of the molecule is Cc1ccc(Cl)c(S(=O)(=O)Cl)c1C#N. The molecule has 0 saturated heterocycles. The molecule has 0 unspecified atom stereocenters. The van der Waals surface area contributed by atoms with Crippen LogP contribution in [0.15, 0.2) is 17.0 Å². The van der Waals surface area contributed by atoms with Crippen molar-refractivity contribution < 1.29 is 8.42 Å². The van der Waals surface area contributed by atoms with Crippen LogP contribution in [0.4, 0.5) is 0 Å². The molecule has 1 aromatic rings. The first-order valence-electron chi connectivity index (χ1n) is 3.52. The molecule has 0 atom stereocenters. The molecule has 0 aliphatic heterocycles. The van der Waals surface area contributed by atoms with Crippen LogP contribution in [0.1, 0.15) is 11.1 Å². The van der Waals surface area contributed by atoms with Gasteiger partial charge in [0.25, 0.3) is 9.05 Å². The van der Waals surface area contributed by atoms with Gasteiger partial charge in [-0.1, -0.05) is 17.7 Å². The van der Waals surface area contributed by atoms with Crippen LogP contribution < -0.4 is 0 Å². The minimum Gasteiger partial charge on any atom is -0.207 e. The molecule has 0 amide bonds. The molecule has 0 aliphatic carbocycles. The number of nitriles is 1. The van der Waals surface area contributed by atoms with Crippen molar-refractivity contribution in [3.8, 4) is 6.07 Å². The van der Waals surface area contributed by atoms with Crippen molar-refractivity contribution in [2.45, 2.75) is 11.8 Å². The second kappa shape index (κ2) is 3.77. The van der Waals surface area contributed by atoms with Crippen molar-refractivity contribution >= 4 is 31.3 Å². The monoisotopic (exact) mass is 249 g/mol. The molecule has 0 bridgehead atoms. The van der Waals surface area contributed by atoms with Gasteiger partial charge < -0.3 is 0 Å². The van der Waals surface area contributed by atoms with Gasteiger partial charge in [-0.25, -0.2) is 8.42 Å². The van der Waals surface area contributed by atoms with Crippen molar-refractivity contribution in [2.24, 2.45) is 0 Å². The topological polar surface area (TPSA) is 57.9 Å². The third kappa shape index (κ3) is 2.01. The summed E-state index contributed by atoms with van der Waals surface area (Å²) in [6, 6.07) is 4.72. The van der Waals surface area contributed by atoms with Crippen LogP contribution in [0, 0.1) is 18.3 Å². The molecule has 0 N–H and O–H groups in total. The van der Waals surface area contributed by atoms with Gasteiger partial charge in [0.1, 0.15) is 11.0 Å². The summed E-state index contributed by atoms with van der Waals surface area (Å²) in [7, 11) is 1.18. The summed E-state index contributed by atoms with van der Waals surface area (Å²) in [5, 5.41) is 8.72. The molecular weight excluding hydrogens is 245 g/mol. The Morgan fingerprint density at radius 2 is 2.00 bits per heavy atom. The van der Waals surface area contributed by atoms with E-state index in [1.807, 2.05) is 0 Å². The summed E-state index contributed by atoms with van der Waals surface area (Å²) in [5.41, 5.74) is 0.517. The molecule has 14 heavy (non-hydrogen) atoms. The van der Waals surface area contributed by atoms with Gasteiger partial charge in [0.05, 0.1) is 10.6 Å². The fourth-order valence-electron chi connectivity index (χ4n) is 1.03. The second-order valence-electron chi connectivity index (χ2n) is 2.62. The Morgan fingerprint density at radius 3 is 2.36 bits per heavy atom. The van der Waals surface area contributed by atoms with Crippen LogP contribution >= 0.6 is 22.3 Å². The van der Waals surface area contributed by atoms with E-state index in [4.69, 9.17) is 27.5 Å². The maximum absolute atomic E-state index is 11.1. The van der Waals surface area contributed by atoms with Crippen LogP contribution in [0.25, 0.3) is 0 Å². The van der Waals surface area contributed by atoms with E-state index in [0.29, 0.717) is 5.56 Å². The van der Waals surface area contributed by atoms with E-state index in [-0.39, 0.29) is 15.5 Å². The first kappa shape index (κ1) is 11.3. The lowest BCUT2D eigenvalue weighted by atomic mass is 10.1. The first-order chi connectivity index (χ1) is 6.38. The van der Waals surface area contributed by atoms with Crippen LogP contribution in [-0.4, -0.2) is 8.42 Å². The number of aryl methyl sites for hydroxylation is 1. The largest absolute Gasteiger partial charge is 0.264 e. The maximum Gasteiger partial charge on any atom is 0.264 e. The third-order valence-electron chi connectivity index (χ3n) is 1.67. The van der Waals surface area contributed by atoms with Crippen molar-refractivity contribution in [1.82, 2.24) is 0 Å². The summed E-state index contributed by atoms with van der Waals surface area (Å²) < 4.78 is 22.2. The standard InChI is InChI=1S/C8H5Cl2NO2S/c1-5-2-3-7(9)8(6(5)4-11)14(10,12)13/h2-3H,1H3. The summed E-state index contributed by atoms with van der Waals surface area (Å²) in [6.45, 7) is 1.61. The average Bonchev–Trinajstić information content (AvgIpc) is 2.06. The normalized spacial score (nSPS) is 11.0. The minimum absolute atomic E-state index is 0.00694. The molecule has 0 spiro atoms. The first-order valence-corrected chi connectivity index (χ1v) is 6.20. The van der Waals surface area contributed by atoms with Crippen molar-refractivity contribution in [2.75, 3.05) is 0 Å². The van der Waals surface area contributed by atoms with Crippen molar-refractivity contribution in [3.63, 3.8) is 0 Å². The fraction of sp³-hybridized carbons (Fsp3) is 0.125. The lowest BCUT2D eigenvalue weighted by Crippen LogP contribution is -1.98. The predicted octanol–water partition coefficient (Wildman–Crippen LogP) is 2.45. The van der Waals surface area contributed by atoms with Crippen LogP contribution in [-0.2, 0) is 9.05 Å². The summed E-state index contributed by atoms with van der Waals surface area (Å²) in [6.07, 6.45) is 0. The number of benzene rings is 1. The van der Waals surface area contributed by atoms with Gasteiger partial charge in [-0.15, -0.1) is 0 Å². The Kier molecular flexibility index (Phi) is 3.05. The molecule has 1 rings (SSSR count). The zero-order valence-corrected chi connectivity index (χ0v) is 9.41. The van der Waals surface area contributed by atoms with Crippen LogP contribution in [0.3, 0.4) is 0 Å². The van der Waals surface area contributed by atoms with E-state index < -0.39 is 9.05 Å². The Bertz CT molecular complexity index is 517. The Morgan fingerprint density at radius 1 is 1.43 bits per heavy atom. The molecule has 1 aromatic carbocycles. The zero-order valence-electron chi connectivity index (χ0n) is 7.08. The van der Waals surface area contributed by atoms with E-state index >= 15 is 0 Å². The van der Waals surface area contributed by atoms with Crippen molar-refractivity contribution in [1.29, 1.82) is 5.26 Å². The molecule has 3 nitrogen and oxygen atoms in total. The van der Waals surface area contributed by atoms with E-state index in [0.717, 1.165) is 0 Å². The molecule has 6 heteroatoms. The lowest BCUT2D eigenvalue weighted by Gasteiger charge is -2.04. The highest BCUT2D eigenvalue weighted by atomic mass is 35.7. The van der Waals surface area contributed by atoms with Crippen LogP contribution in [0.5, 0.6) is 0 Å². The Labute approximate surface area is 91.3 Å². The van der Waals surface area contributed by atoms with Gasteiger partial charge in [-0.2, -0.15) is 5.26 Å². The summed E-state index contributed by atoms with van der Waals surface area (Å²) in [4.78, 5) is -0.316. The van der Waals surface area contributed by atoms with Gasteiger partial charge in [0.2, 0.25) is 0 Å². The number of nitrogens with zero attached hydrogens (tertiary/aromatic N) is 1. The van der Waals surface area contributed by atoms with E-state index in [2.05, 4.69) is 0 Å². The molecule has 0 aliphatic rings. The molecule has 0 saturated carbocycles. The van der Waals surface area contributed by atoms with Crippen molar-refractivity contribution in [3.05, 3.63) is 28.3 Å². The molecule has 74 valence electrons. The third-order valence-corrected chi connectivity index (χ3v) is 3.48.